The lowest BCUT2D eigenvalue weighted by atomic mass is 9.93. The summed E-state index contributed by atoms with van der Waals surface area (Å²) in [5.41, 5.74) is 0.786. The van der Waals surface area contributed by atoms with Crippen LogP contribution in [0.5, 0.6) is 0 Å². The first-order valence-corrected chi connectivity index (χ1v) is 8.49. The van der Waals surface area contributed by atoms with E-state index in [4.69, 9.17) is 0 Å². The number of rotatable bonds is 7. The summed E-state index contributed by atoms with van der Waals surface area (Å²) in [6.45, 7) is 7.40. The van der Waals surface area contributed by atoms with Crippen LogP contribution in [0.1, 0.15) is 31.9 Å². The zero-order valence-corrected chi connectivity index (χ0v) is 14.6. The molecule has 1 saturated heterocycles. The van der Waals surface area contributed by atoms with Gasteiger partial charge in [-0.2, -0.15) is 0 Å². The van der Waals surface area contributed by atoms with Crippen molar-refractivity contribution in [1.29, 1.82) is 0 Å². The molecule has 2 amide bonds. The molecule has 1 heterocycles. The van der Waals surface area contributed by atoms with Gasteiger partial charge in [0.1, 0.15) is 5.82 Å². The third kappa shape index (κ3) is 4.12. The molecule has 6 heteroatoms. The number of hydrogen-bond donors (Lipinski definition) is 1. The molecular formula is C18H26FN3O2. The van der Waals surface area contributed by atoms with E-state index in [1.165, 1.54) is 12.1 Å². The van der Waals surface area contributed by atoms with Crippen LogP contribution >= 0.6 is 0 Å². The third-order valence-electron chi connectivity index (χ3n) is 4.76. The average molecular weight is 335 g/mol. The number of hydrogen-bond acceptors (Lipinski definition) is 3. The van der Waals surface area contributed by atoms with Crippen LogP contribution in [-0.4, -0.2) is 54.8 Å². The monoisotopic (exact) mass is 335 g/mol. The number of amides is 2. The van der Waals surface area contributed by atoms with Crippen LogP contribution < -0.4 is 5.32 Å². The Hall–Kier alpha value is -1.95. The van der Waals surface area contributed by atoms with Crippen molar-refractivity contribution in [2.45, 2.75) is 26.3 Å². The minimum atomic E-state index is -0.440. The zero-order chi connectivity index (χ0) is 17.7. The van der Waals surface area contributed by atoms with E-state index in [-0.39, 0.29) is 30.1 Å². The Kier molecular flexibility index (Phi) is 6.31. The molecule has 2 atom stereocenters. The van der Waals surface area contributed by atoms with Crippen molar-refractivity contribution >= 4 is 11.8 Å². The van der Waals surface area contributed by atoms with Crippen LogP contribution in [0, 0.1) is 11.7 Å². The number of carbonyl (C=O) groups excluding carboxylic acids is 2. The van der Waals surface area contributed by atoms with E-state index >= 15 is 0 Å². The topological polar surface area (TPSA) is 52.7 Å². The lowest BCUT2D eigenvalue weighted by molar-refractivity contribution is -0.128. The standard InChI is InChI=1S/C18H26FN3O2/c1-4-22(5-2)11-10-20-18(24)15-12-16(23)21(3)17(15)13-6-8-14(19)9-7-13/h6-9,15,17H,4-5,10-12H2,1-3H3,(H,20,24)/t15-,17-/m0/s1. The summed E-state index contributed by atoms with van der Waals surface area (Å²) in [4.78, 5) is 28.5. The maximum Gasteiger partial charge on any atom is 0.226 e. The van der Waals surface area contributed by atoms with E-state index < -0.39 is 5.92 Å². The van der Waals surface area contributed by atoms with Crippen molar-refractivity contribution in [3.8, 4) is 0 Å². The molecule has 2 rings (SSSR count). The molecule has 0 aromatic heterocycles. The number of likely N-dealkylation sites (tertiary alicyclic amines) is 1. The maximum absolute atomic E-state index is 13.1. The number of nitrogens with one attached hydrogen (secondary N) is 1. The Morgan fingerprint density at radius 1 is 1.29 bits per heavy atom. The van der Waals surface area contributed by atoms with Crippen molar-refractivity contribution in [3.05, 3.63) is 35.6 Å². The molecule has 0 unspecified atom stereocenters. The SMILES string of the molecule is CCN(CC)CCNC(=O)[C@H]1CC(=O)N(C)[C@H]1c1ccc(F)cc1. The van der Waals surface area contributed by atoms with Crippen LogP contribution in [-0.2, 0) is 9.59 Å². The molecule has 24 heavy (non-hydrogen) atoms. The zero-order valence-electron chi connectivity index (χ0n) is 14.6. The molecule has 132 valence electrons. The molecule has 1 aliphatic heterocycles. The predicted molar refractivity (Wildman–Crippen MR) is 90.8 cm³/mol. The van der Waals surface area contributed by atoms with E-state index in [0.717, 1.165) is 25.2 Å². The summed E-state index contributed by atoms with van der Waals surface area (Å²) in [5, 5.41) is 2.94. The lowest BCUT2D eigenvalue weighted by Crippen LogP contribution is -2.39. The number of halogens is 1. The van der Waals surface area contributed by atoms with Gasteiger partial charge in [-0.05, 0) is 30.8 Å². The fourth-order valence-electron chi connectivity index (χ4n) is 3.23. The largest absolute Gasteiger partial charge is 0.354 e. The summed E-state index contributed by atoms with van der Waals surface area (Å²) in [6, 6.07) is 5.67. The predicted octanol–water partition coefficient (Wildman–Crippen LogP) is 1.80. The molecule has 1 aromatic rings. The van der Waals surface area contributed by atoms with Gasteiger partial charge in [-0.3, -0.25) is 9.59 Å². The van der Waals surface area contributed by atoms with Gasteiger partial charge in [-0.1, -0.05) is 26.0 Å². The van der Waals surface area contributed by atoms with Crippen LogP contribution in [0.3, 0.4) is 0 Å². The second-order valence-corrected chi connectivity index (χ2v) is 6.13. The van der Waals surface area contributed by atoms with Gasteiger partial charge in [0.2, 0.25) is 11.8 Å². The third-order valence-corrected chi connectivity index (χ3v) is 4.76. The lowest BCUT2D eigenvalue weighted by Gasteiger charge is -2.25. The van der Waals surface area contributed by atoms with E-state index in [2.05, 4.69) is 24.1 Å². The second kappa shape index (κ2) is 8.24. The number of benzene rings is 1. The van der Waals surface area contributed by atoms with E-state index in [0.29, 0.717) is 6.54 Å². The van der Waals surface area contributed by atoms with Crippen LogP contribution in [0.15, 0.2) is 24.3 Å². The highest BCUT2D eigenvalue weighted by Gasteiger charge is 2.42. The smallest absolute Gasteiger partial charge is 0.226 e. The molecule has 0 bridgehead atoms. The molecule has 0 saturated carbocycles. The minimum absolute atomic E-state index is 0.0618. The first kappa shape index (κ1) is 18.4. The quantitative estimate of drug-likeness (QED) is 0.827. The fraction of sp³-hybridized carbons (Fsp3) is 0.556. The molecule has 0 aliphatic carbocycles. The van der Waals surface area contributed by atoms with Crippen molar-refractivity contribution in [2.24, 2.45) is 5.92 Å². The highest BCUT2D eigenvalue weighted by atomic mass is 19.1. The summed E-state index contributed by atoms with van der Waals surface area (Å²) in [5.74, 6) is -0.946. The van der Waals surface area contributed by atoms with Crippen LogP contribution in [0.2, 0.25) is 0 Å². The van der Waals surface area contributed by atoms with Gasteiger partial charge in [-0.15, -0.1) is 0 Å². The first-order chi connectivity index (χ1) is 11.5. The van der Waals surface area contributed by atoms with Crippen molar-refractivity contribution in [2.75, 3.05) is 33.2 Å². The Balaban J connectivity index is 2.04. The van der Waals surface area contributed by atoms with E-state index in [1.54, 1.807) is 24.1 Å². The summed E-state index contributed by atoms with van der Waals surface area (Å²) in [7, 11) is 1.69. The Morgan fingerprint density at radius 3 is 2.50 bits per heavy atom. The molecule has 1 aliphatic rings. The van der Waals surface area contributed by atoms with Gasteiger partial charge < -0.3 is 15.1 Å². The Morgan fingerprint density at radius 2 is 1.92 bits per heavy atom. The van der Waals surface area contributed by atoms with Gasteiger partial charge in [-0.25, -0.2) is 4.39 Å². The highest BCUT2D eigenvalue weighted by Crippen LogP contribution is 2.37. The molecule has 1 N–H and O–H groups in total. The molecule has 0 radical (unpaired) electrons. The molecule has 5 nitrogen and oxygen atoms in total. The van der Waals surface area contributed by atoms with E-state index in [1.807, 2.05) is 0 Å². The highest BCUT2D eigenvalue weighted by molar-refractivity contribution is 5.90. The van der Waals surface area contributed by atoms with Crippen LogP contribution in [0.25, 0.3) is 0 Å². The summed E-state index contributed by atoms with van der Waals surface area (Å²) >= 11 is 0. The average Bonchev–Trinajstić information content (AvgIpc) is 2.88. The van der Waals surface area contributed by atoms with Gasteiger partial charge in [0.25, 0.3) is 0 Å². The molecule has 1 fully saturated rings. The minimum Gasteiger partial charge on any atom is -0.354 e. The molecule has 1 aromatic carbocycles. The Labute approximate surface area is 142 Å². The maximum atomic E-state index is 13.1. The first-order valence-electron chi connectivity index (χ1n) is 8.49. The van der Waals surface area contributed by atoms with Crippen molar-refractivity contribution in [3.63, 3.8) is 0 Å². The van der Waals surface area contributed by atoms with Crippen LogP contribution in [0.4, 0.5) is 4.39 Å². The normalized spacial score (nSPS) is 20.7. The number of likely N-dealkylation sites (N-methyl/N-ethyl adjacent to an activating group) is 1. The summed E-state index contributed by atoms with van der Waals surface area (Å²) < 4.78 is 13.1. The van der Waals surface area contributed by atoms with Gasteiger partial charge in [0.05, 0.1) is 12.0 Å². The number of carbonyl (C=O) groups is 2. The molecule has 0 spiro atoms. The van der Waals surface area contributed by atoms with E-state index in [9.17, 15) is 14.0 Å². The number of nitrogens with zero attached hydrogens (tertiary/aromatic N) is 2. The van der Waals surface area contributed by atoms with Gasteiger partial charge >= 0.3 is 0 Å². The second-order valence-electron chi connectivity index (χ2n) is 6.13. The van der Waals surface area contributed by atoms with Crippen molar-refractivity contribution in [1.82, 2.24) is 15.1 Å². The Bertz CT molecular complexity index is 572. The van der Waals surface area contributed by atoms with Crippen molar-refractivity contribution < 1.29 is 14.0 Å². The fourth-order valence-corrected chi connectivity index (χ4v) is 3.23. The summed E-state index contributed by atoms with van der Waals surface area (Å²) in [6.07, 6.45) is 0.190. The van der Waals surface area contributed by atoms with Gasteiger partial charge in [0, 0.05) is 26.6 Å². The molecular weight excluding hydrogens is 309 g/mol. The van der Waals surface area contributed by atoms with Gasteiger partial charge in [0.15, 0.2) is 0 Å².